The van der Waals surface area contributed by atoms with Crippen molar-refractivity contribution in [3.8, 4) is 0 Å². The number of hydrogen-bond donors (Lipinski definition) is 0. The van der Waals surface area contributed by atoms with Crippen molar-refractivity contribution >= 4 is 24.7 Å². The molecule has 0 saturated heterocycles. The lowest BCUT2D eigenvalue weighted by Gasteiger charge is -2.35. The zero-order valence-corrected chi connectivity index (χ0v) is 15.9. The van der Waals surface area contributed by atoms with Crippen molar-refractivity contribution in [2.24, 2.45) is 0 Å². The second-order valence-corrected chi connectivity index (χ2v) is 9.87. The second kappa shape index (κ2) is 10.3. The van der Waals surface area contributed by atoms with Crippen LogP contribution in [0.1, 0.15) is 64.7 Å². The van der Waals surface area contributed by atoms with Crippen molar-refractivity contribution in [3.63, 3.8) is 0 Å². The van der Waals surface area contributed by atoms with Gasteiger partial charge in [0.1, 0.15) is 0 Å². The smallest absolute Gasteiger partial charge is 0.377 e. The van der Waals surface area contributed by atoms with E-state index in [0.29, 0.717) is 11.6 Å². The van der Waals surface area contributed by atoms with E-state index in [1.54, 1.807) is 14.2 Å². The van der Waals surface area contributed by atoms with Gasteiger partial charge in [0, 0.05) is 31.2 Å². The summed E-state index contributed by atoms with van der Waals surface area (Å²) in [5.74, 6) is 0. The van der Waals surface area contributed by atoms with E-state index in [-0.39, 0.29) is 0 Å². The van der Waals surface area contributed by atoms with E-state index in [0.717, 1.165) is 31.0 Å². The normalized spacial score (nSPS) is 20.4. The van der Waals surface area contributed by atoms with Gasteiger partial charge < -0.3 is 13.3 Å². The molecule has 0 aliphatic heterocycles. The molecule has 120 valence electrons. The van der Waals surface area contributed by atoms with Gasteiger partial charge in [0.25, 0.3) is 0 Å². The summed E-state index contributed by atoms with van der Waals surface area (Å²) < 4.78 is 18.1. The highest BCUT2D eigenvalue weighted by Gasteiger charge is 2.46. The average molecular weight is 367 g/mol. The predicted octanol–water partition coefficient (Wildman–Crippen LogP) is 4.91. The Morgan fingerprint density at radius 2 is 1.60 bits per heavy atom. The SMILES string of the molecule is CO[Si](OC)(OC1CCCCCCC1)C(C)CCCBr. The fourth-order valence-electron chi connectivity index (χ4n) is 3.03. The van der Waals surface area contributed by atoms with Gasteiger partial charge in [-0.05, 0) is 25.7 Å². The lowest BCUT2D eigenvalue weighted by Crippen LogP contribution is -2.50. The molecular weight excluding hydrogens is 336 g/mol. The Balaban J connectivity index is 2.62. The van der Waals surface area contributed by atoms with Crippen LogP contribution >= 0.6 is 15.9 Å². The number of halogens is 1. The largest absolute Gasteiger partial charge is 0.503 e. The molecule has 0 aromatic heterocycles. The lowest BCUT2D eigenvalue weighted by atomic mass is 9.99. The molecule has 1 aliphatic rings. The van der Waals surface area contributed by atoms with Crippen LogP contribution < -0.4 is 0 Å². The van der Waals surface area contributed by atoms with Crippen molar-refractivity contribution in [1.29, 1.82) is 0 Å². The molecule has 1 saturated carbocycles. The van der Waals surface area contributed by atoms with E-state index >= 15 is 0 Å². The van der Waals surface area contributed by atoms with Crippen LogP contribution in [0, 0.1) is 0 Å². The van der Waals surface area contributed by atoms with E-state index in [2.05, 4.69) is 22.9 Å². The van der Waals surface area contributed by atoms with Gasteiger partial charge in [0.05, 0.1) is 0 Å². The van der Waals surface area contributed by atoms with Gasteiger partial charge in [-0.25, -0.2) is 0 Å². The molecule has 0 N–H and O–H groups in total. The molecule has 1 rings (SSSR count). The van der Waals surface area contributed by atoms with Gasteiger partial charge in [-0.1, -0.05) is 55.0 Å². The van der Waals surface area contributed by atoms with Crippen LogP contribution in [0.3, 0.4) is 0 Å². The van der Waals surface area contributed by atoms with E-state index in [4.69, 9.17) is 13.3 Å². The quantitative estimate of drug-likeness (QED) is 0.451. The summed E-state index contributed by atoms with van der Waals surface area (Å²) >= 11 is 3.50. The summed E-state index contributed by atoms with van der Waals surface area (Å²) in [4.78, 5) is 0. The summed E-state index contributed by atoms with van der Waals surface area (Å²) in [7, 11) is 0.975. The minimum absolute atomic E-state index is 0.327. The molecule has 20 heavy (non-hydrogen) atoms. The van der Waals surface area contributed by atoms with Crippen LogP contribution in [-0.4, -0.2) is 34.5 Å². The molecule has 1 aliphatic carbocycles. The van der Waals surface area contributed by atoms with E-state index in [1.807, 2.05) is 0 Å². The van der Waals surface area contributed by atoms with Crippen LogP contribution in [0.2, 0.25) is 5.54 Å². The van der Waals surface area contributed by atoms with Gasteiger partial charge in [-0.15, -0.1) is 0 Å². The number of alkyl halides is 1. The summed E-state index contributed by atoms with van der Waals surface area (Å²) in [5.41, 5.74) is 0.362. The molecule has 3 nitrogen and oxygen atoms in total. The van der Waals surface area contributed by atoms with Gasteiger partial charge >= 0.3 is 8.80 Å². The zero-order valence-electron chi connectivity index (χ0n) is 13.3. The first kappa shape index (κ1) is 18.6. The molecule has 1 unspecified atom stereocenters. The average Bonchev–Trinajstić information content (AvgIpc) is 2.44. The van der Waals surface area contributed by atoms with Crippen LogP contribution in [0.15, 0.2) is 0 Å². The fraction of sp³-hybridized carbons (Fsp3) is 1.00. The molecule has 0 radical (unpaired) electrons. The third-order valence-corrected chi connectivity index (χ3v) is 8.18. The summed E-state index contributed by atoms with van der Waals surface area (Å²) in [6.07, 6.45) is 11.5. The standard InChI is InChI=1S/C15H31BrO3Si/c1-14(10-9-13-16)20(17-2,18-3)19-15-11-7-5-4-6-8-12-15/h14-15H,4-13H2,1-3H3. The van der Waals surface area contributed by atoms with Crippen molar-refractivity contribution in [1.82, 2.24) is 0 Å². The second-order valence-electron chi connectivity index (χ2n) is 5.83. The Bertz CT molecular complexity index is 241. The monoisotopic (exact) mass is 366 g/mol. The molecule has 0 amide bonds. The zero-order chi connectivity index (χ0) is 14.8. The third-order valence-electron chi connectivity index (χ3n) is 4.33. The predicted molar refractivity (Wildman–Crippen MR) is 89.4 cm³/mol. The Kier molecular flexibility index (Phi) is 9.62. The summed E-state index contributed by atoms with van der Waals surface area (Å²) in [6, 6.07) is 0. The first-order valence-corrected chi connectivity index (χ1v) is 10.9. The highest BCUT2D eigenvalue weighted by molar-refractivity contribution is 9.09. The molecule has 1 atom stereocenters. The molecule has 5 heteroatoms. The molecule has 1 fully saturated rings. The van der Waals surface area contributed by atoms with Crippen LogP contribution in [0.5, 0.6) is 0 Å². The summed E-state index contributed by atoms with van der Waals surface area (Å²) in [6.45, 7) is 2.21. The molecule has 0 aromatic rings. The minimum atomic E-state index is -2.53. The van der Waals surface area contributed by atoms with Crippen molar-refractivity contribution < 1.29 is 13.3 Å². The lowest BCUT2D eigenvalue weighted by molar-refractivity contribution is 0.0351. The molecule has 0 bridgehead atoms. The first-order valence-electron chi connectivity index (χ1n) is 8.02. The Hall–Kier alpha value is 0.577. The third kappa shape index (κ3) is 5.76. The Morgan fingerprint density at radius 1 is 1.05 bits per heavy atom. The fourth-order valence-corrected chi connectivity index (χ4v) is 6.00. The maximum absolute atomic E-state index is 6.45. The molecule has 0 spiro atoms. The van der Waals surface area contributed by atoms with E-state index in [9.17, 15) is 0 Å². The number of rotatable bonds is 8. The minimum Gasteiger partial charge on any atom is -0.377 e. The van der Waals surface area contributed by atoms with Crippen LogP contribution in [0.4, 0.5) is 0 Å². The highest BCUT2D eigenvalue weighted by atomic mass is 79.9. The van der Waals surface area contributed by atoms with E-state index in [1.165, 1.54) is 32.1 Å². The van der Waals surface area contributed by atoms with Gasteiger partial charge in [-0.3, -0.25) is 0 Å². The first-order chi connectivity index (χ1) is 9.68. The summed E-state index contributed by atoms with van der Waals surface area (Å²) in [5, 5.41) is 1.03. The van der Waals surface area contributed by atoms with Crippen LogP contribution in [-0.2, 0) is 13.3 Å². The highest BCUT2D eigenvalue weighted by Crippen LogP contribution is 2.32. The van der Waals surface area contributed by atoms with Crippen molar-refractivity contribution in [3.05, 3.63) is 0 Å². The maximum atomic E-state index is 6.45. The topological polar surface area (TPSA) is 27.7 Å². The van der Waals surface area contributed by atoms with Gasteiger partial charge in [0.15, 0.2) is 0 Å². The molecular formula is C15H31BrO3Si. The van der Waals surface area contributed by atoms with Crippen LogP contribution in [0.25, 0.3) is 0 Å². The molecule has 0 heterocycles. The van der Waals surface area contributed by atoms with E-state index < -0.39 is 8.80 Å². The Labute approximate surface area is 134 Å². The van der Waals surface area contributed by atoms with Gasteiger partial charge in [-0.2, -0.15) is 0 Å². The maximum Gasteiger partial charge on any atom is 0.503 e. The molecule has 0 aromatic carbocycles. The van der Waals surface area contributed by atoms with Crippen molar-refractivity contribution in [2.45, 2.75) is 76.4 Å². The van der Waals surface area contributed by atoms with Crippen molar-refractivity contribution in [2.75, 3.05) is 19.5 Å². The number of hydrogen-bond acceptors (Lipinski definition) is 3. The van der Waals surface area contributed by atoms with Gasteiger partial charge in [0.2, 0.25) is 0 Å². The Morgan fingerprint density at radius 3 is 2.10 bits per heavy atom.